The zero-order valence-electron chi connectivity index (χ0n) is 8.16. The summed E-state index contributed by atoms with van der Waals surface area (Å²) in [6, 6.07) is 9.31. The van der Waals surface area contributed by atoms with Gasteiger partial charge in [0.2, 0.25) is 5.78 Å². The molecule has 0 atom stereocenters. The van der Waals surface area contributed by atoms with Gasteiger partial charge in [-0.25, -0.2) is 4.39 Å². The van der Waals surface area contributed by atoms with Crippen LogP contribution >= 0.6 is 11.3 Å². The van der Waals surface area contributed by atoms with Gasteiger partial charge in [-0.05, 0) is 43.3 Å². The summed E-state index contributed by atoms with van der Waals surface area (Å²) in [6.45, 7) is 1.95. The molecular formula is C12H9FOS. The highest BCUT2D eigenvalue weighted by atomic mass is 32.1. The molecule has 0 aliphatic heterocycles. The number of thiophene rings is 1. The Morgan fingerprint density at radius 2 is 1.80 bits per heavy atom. The fraction of sp³-hybridized carbons (Fsp3) is 0.0833. The predicted octanol–water partition coefficient (Wildman–Crippen LogP) is 3.43. The van der Waals surface area contributed by atoms with Crippen LogP contribution in [0.2, 0.25) is 0 Å². The average molecular weight is 220 g/mol. The number of benzene rings is 1. The van der Waals surface area contributed by atoms with E-state index < -0.39 is 0 Å². The second-order valence-electron chi connectivity index (χ2n) is 3.25. The van der Waals surface area contributed by atoms with Crippen molar-refractivity contribution in [2.24, 2.45) is 0 Å². The summed E-state index contributed by atoms with van der Waals surface area (Å²) >= 11 is 1.45. The van der Waals surface area contributed by atoms with E-state index in [1.165, 1.54) is 35.6 Å². The van der Waals surface area contributed by atoms with Crippen LogP contribution < -0.4 is 0 Å². The zero-order valence-corrected chi connectivity index (χ0v) is 8.98. The smallest absolute Gasteiger partial charge is 0.202 e. The van der Waals surface area contributed by atoms with Crippen molar-refractivity contribution >= 4 is 17.1 Å². The van der Waals surface area contributed by atoms with Crippen LogP contribution in [0.1, 0.15) is 20.1 Å². The lowest BCUT2D eigenvalue weighted by Gasteiger charge is -1.97. The Morgan fingerprint density at radius 3 is 2.33 bits per heavy atom. The number of ketones is 1. The molecule has 15 heavy (non-hydrogen) atoms. The van der Waals surface area contributed by atoms with E-state index >= 15 is 0 Å². The SMILES string of the molecule is Cc1ccc(C(=O)c2ccc(F)cc2)s1. The maximum Gasteiger partial charge on any atom is 0.202 e. The molecule has 0 unspecified atom stereocenters. The highest BCUT2D eigenvalue weighted by Crippen LogP contribution is 2.19. The molecule has 0 radical (unpaired) electrons. The van der Waals surface area contributed by atoms with Gasteiger partial charge < -0.3 is 0 Å². The highest BCUT2D eigenvalue weighted by Gasteiger charge is 2.10. The van der Waals surface area contributed by atoms with Crippen molar-refractivity contribution in [3.63, 3.8) is 0 Å². The van der Waals surface area contributed by atoms with Crippen LogP contribution in [0.25, 0.3) is 0 Å². The van der Waals surface area contributed by atoms with Crippen LogP contribution in [-0.2, 0) is 0 Å². The Bertz CT molecular complexity index is 485. The van der Waals surface area contributed by atoms with Crippen LogP contribution in [-0.4, -0.2) is 5.78 Å². The topological polar surface area (TPSA) is 17.1 Å². The summed E-state index contributed by atoms with van der Waals surface area (Å²) in [7, 11) is 0. The summed E-state index contributed by atoms with van der Waals surface area (Å²) < 4.78 is 12.6. The van der Waals surface area contributed by atoms with Gasteiger partial charge in [0.15, 0.2) is 0 Å². The first-order valence-electron chi connectivity index (χ1n) is 4.53. The molecule has 3 heteroatoms. The van der Waals surface area contributed by atoms with Crippen molar-refractivity contribution in [3.8, 4) is 0 Å². The van der Waals surface area contributed by atoms with E-state index in [4.69, 9.17) is 0 Å². The van der Waals surface area contributed by atoms with Gasteiger partial charge in [0, 0.05) is 10.4 Å². The van der Waals surface area contributed by atoms with Gasteiger partial charge in [0.05, 0.1) is 4.88 Å². The van der Waals surface area contributed by atoms with E-state index in [1.807, 2.05) is 13.0 Å². The van der Waals surface area contributed by atoms with Gasteiger partial charge in [-0.1, -0.05) is 0 Å². The van der Waals surface area contributed by atoms with E-state index in [1.54, 1.807) is 6.07 Å². The van der Waals surface area contributed by atoms with Crippen LogP contribution in [0.3, 0.4) is 0 Å². The average Bonchev–Trinajstić information content (AvgIpc) is 2.65. The monoisotopic (exact) mass is 220 g/mol. The van der Waals surface area contributed by atoms with Crippen molar-refractivity contribution in [2.75, 3.05) is 0 Å². The van der Waals surface area contributed by atoms with E-state index in [0.717, 1.165) is 4.88 Å². The maximum absolute atomic E-state index is 12.6. The Hall–Kier alpha value is -1.48. The van der Waals surface area contributed by atoms with Crippen LogP contribution in [0.15, 0.2) is 36.4 Å². The number of halogens is 1. The van der Waals surface area contributed by atoms with Gasteiger partial charge in [-0.3, -0.25) is 4.79 Å². The van der Waals surface area contributed by atoms with Gasteiger partial charge in [-0.15, -0.1) is 11.3 Å². The van der Waals surface area contributed by atoms with E-state index in [0.29, 0.717) is 10.4 Å². The number of rotatable bonds is 2. The normalized spacial score (nSPS) is 10.3. The summed E-state index contributed by atoms with van der Waals surface area (Å²) in [5.41, 5.74) is 0.526. The van der Waals surface area contributed by atoms with E-state index in [2.05, 4.69) is 0 Å². The standard InChI is InChI=1S/C12H9FOS/c1-8-2-7-11(15-8)12(14)9-3-5-10(13)6-4-9/h2-7H,1H3. The highest BCUT2D eigenvalue weighted by molar-refractivity contribution is 7.14. The largest absolute Gasteiger partial charge is 0.288 e. The Morgan fingerprint density at radius 1 is 1.13 bits per heavy atom. The molecule has 0 bridgehead atoms. The quantitative estimate of drug-likeness (QED) is 0.709. The molecule has 1 aromatic heterocycles. The van der Waals surface area contributed by atoms with Crippen LogP contribution in [0, 0.1) is 12.7 Å². The summed E-state index contributed by atoms with van der Waals surface area (Å²) in [6.07, 6.45) is 0. The van der Waals surface area contributed by atoms with Crippen LogP contribution in [0.4, 0.5) is 4.39 Å². The molecule has 0 aliphatic carbocycles. The third kappa shape index (κ3) is 2.13. The minimum atomic E-state index is -0.325. The predicted molar refractivity (Wildman–Crippen MR) is 58.9 cm³/mol. The molecule has 0 amide bonds. The lowest BCUT2D eigenvalue weighted by molar-refractivity contribution is 0.104. The molecular weight excluding hydrogens is 211 g/mol. The number of hydrogen-bond donors (Lipinski definition) is 0. The lowest BCUT2D eigenvalue weighted by Crippen LogP contribution is -1.97. The maximum atomic E-state index is 12.6. The van der Waals surface area contributed by atoms with E-state index in [-0.39, 0.29) is 11.6 Å². The summed E-state index contributed by atoms with van der Waals surface area (Å²) in [4.78, 5) is 13.7. The van der Waals surface area contributed by atoms with Gasteiger partial charge in [0.25, 0.3) is 0 Å². The Kier molecular flexibility index (Phi) is 2.64. The van der Waals surface area contributed by atoms with Gasteiger partial charge in [0.1, 0.15) is 5.82 Å². The molecule has 0 saturated heterocycles. The molecule has 0 saturated carbocycles. The van der Waals surface area contributed by atoms with Gasteiger partial charge >= 0.3 is 0 Å². The molecule has 0 aliphatic rings. The molecule has 1 nitrogen and oxygen atoms in total. The van der Waals surface area contributed by atoms with E-state index in [9.17, 15) is 9.18 Å². The Balaban J connectivity index is 2.32. The second-order valence-corrected chi connectivity index (χ2v) is 4.53. The van der Waals surface area contributed by atoms with Crippen molar-refractivity contribution in [1.82, 2.24) is 0 Å². The molecule has 2 rings (SSSR count). The molecule has 76 valence electrons. The molecule has 0 N–H and O–H groups in total. The first kappa shape index (κ1) is 10.1. The summed E-state index contributed by atoms with van der Waals surface area (Å²) in [5, 5.41) is 0. The van der Waals surface area contributed by atoms with Gasteiger partial charge in [-0.2, -0.15) is 0 Å². The number of carbonyl (C=O) groups is 1. The number of carbonyl (C=O) groups excluding carboxylic acids is 1. The molecule has 1 heterocycles. The molecule has 0 fully saturated rings. The number of hydrogen-bond acceptors (Lipinski definition) is 2. The zero-order chi connectivity index (χ0) is 10.8. The van der Waals surface area contributed by atoms with Crippen molar-refractivity contribution in [2.45, 2.75) is 6.92 Å². The van der Waals surface area contributed by atoms with Crippen molar-refractivity contribution < 1.29 is 9.18 Å². The van der Waals surface area contributed by atoms with Crippen molar-refractivity contribution in [3.05, 3.63) is 57.5 Å². The molecule has 0 spiro atoms. The lowest BCUT2D eigenvalue weighted by atomic mass is 10.1. The first-order chi connectivity index (χ1) is 7.16. The third-order valence-corrected chi connectivity index (χ3v) is 3.07. The fourth-order valence-electron chi connectivity index (χ4n) is 1.30. The minimum Gasteiger partial charge on any atom is -0.288 e. The third-order valence-electron chi connectivity index (χ3n) is 2.07. The fourth-order valence-corrected chi connectivity index (χ4v) is 2.13. The number of aryl methyl sites for hydroxylation is 1. The first-order valence-corrected chi connectivity index (χ1v) is 5.35. The summed E-state index contributed by atoms with van der Waals surface area (Å²) in [5.74, 6) is -0.373. The minimum absolute atomic E-state index is 0.0481. The molecule has 1 aromatic carbocycles. The second kappa shape index (κ2) is 3.95. The molecule has 2 aromatic rings. The Labute approximate surface area is 91.2 Å². The van der Waals surface area contributed by atoms with Crippen LogP contribution in [0.5, 0.6) is 0 Å². The van der Waals surface area contributed by atoms with Crippen molar-refractivity contribution in [1.29, 1.82) is 0 Å².